The summed E-state index contributed by atoms with van der Waals surface area (Å²) in [6.07, 6.45) is 4.48. The number of thiazole rings is 1. The van der Waals surface area contributed by atoms with E-state index in [4.69, 9.17) is 38.2 Å². The molecule has 50 heavy (non-hydrogen) atoms. The van der Waals surface area contributed by atoms with E-state index >= 15 is 0 Å². The molecule has 1 spiro atoms. The van der Waals surface area contributed by atoms with E-state index in [1.54, 1.807) is 11.3 Å². The lowest BCUT2D eigenvalue weighted by molar-refractivity contribution is -0.141. The lowest BCUT2D eigenvalue weighted by atomic mass is 9.88. The Morgan fingerprint density at radius 2 is 1.76 bits per heavy atom. The van der Waals surface area contributed by atoms with E-state index in [0.29, 0.717) is 48.9 Å². The number of halogens is 2. The monoisotopic (exact) mass is 726 g/mol. The molecule has 0 radical (unpaired) electrons. The zero-order chi connectivity index (χ0) is 34.6. The molecule has 1 unspecified atom stereocenters. The first-order chi connectivity index (χ1) is 24.1. The summed E-state index contributed by atoms with van der Waals surface area (Å²) in [6, 6.07) is 18.0. The highest BCUT2D eigenvalue weighted by molar-refractivity contribution is 7.18. The van der Waals surface area contributed by atoms with E-state index < -0.39 is 5.97 Å². The fraction of sp³-hybridized carbons (Fsp3) is 0.342. The molecule has 6 heterocycles. The van der Waals surface area contributed by atoms with Gasteiger partial charge in [0.15, 0.2) is 0 Å². The molecule has 9 nitrogen and oxygen atoms in total. The average molecular weight is 728 g/mol. The molecule has 256 valence electrons. The number of carbonyl (C=O) groups excluding carboxylic acids is 1. The molecule has 3 saturated heterocycles. The number of carboxylic acids is 1. The number of aryl methyl sites for hydroxylation is 1. The molecule has 2 N–H and O–H groups in total. The van der Waals surface area contributed by atoms with Crippen molar-refractivity contribution in [1.82, 2.24) is 30.1 Å². The van der Waals surface area contributed by atoms with Gasteiger partial charge in [-0.3, -0.25) is 29.4 Å². The second-order valence-electron chi connectivity index (χ2n) is 13.8. The Bertz CT molecular complexity index is 2150. The van der Waals surface area contributed by atoms with Crippen LogP contribution in [0.15, 0.2) is 60.8 Å². The fourth-order valence-electron chi connectivity index (χ4n) is 7.59. The van der Waals surface area contributed by atoms with Crippen molar-refractivity contribution in [3.8, 4) is 22.4 Å². The van der Waals surface area contributed by atoms with E-state index in [-0.39, 0.29) is 17.4 Å². The van der Waals surface area contributed by atoms with Crippen LogP contribution in [0.2, 0.25) is 10.0 Å². The van der Waals surface area contributed by atoms with E-state index in [2.05, 4.69) is 28.1 Å². The normalized spacial score (nSPS) is 18.9. The number of aliphatic carboxylic acids is 1. The maximum absolute atomic E-state index is 11.8. The summed E-state index contributed by atoms with van der Waals surface area (Å²) < 4.78 is 1.05. The van der Waals surface area contributed by atoms with Gasteiger partial charge < -0.3 is 10.4 Å². The van der Waals surface area contributed by atoms with Gasteiger partial charge >= 0.3 is 5.97 Å². The molecular weight excluding hydrogens is 691 g/mol. The molecule has 3 aliphatic rings. The van der Waals surface area contributed by atoms with Crippen LogP contribution in [0.3, 0.4) is 0 Å². The first kappa shape index (κ1) is 33.2. The number of pyridine rings is 2. The SMILES string of the molecule is Cc1ccc(-c2cccc(-c3cccc(Cc4nccc5sc(CN6CCC(C(=O)O)C6)nc45)c3Cl)c2Cl)nc1CN1CC2(CCC(=O)N2)C1. The zero-order valence-electron chi connectivity index (χ0n) is 27.6. The van der Waals surface area contributed by atoms with Crippen LogP contribution in [0.1, 0.15) is 46.8 Å². The topological polar surface area (TPSA) is 112 Å². The number of aromatic nitrogens is 3. The van der Waals surface area contributed by atoms with Crippen molar-refractivity contribution in [2.75, 3.05) is 26.2 Å². The maximum Gasteiger partial charge on any atom is 0.307 e. The minimum atomic E-state index is -0.732. The highest BCUT2D eigenvalue weighted by Crippen LogP contribution is 2.41. The molecule has 0 aliphatic carbocycles. The van der Waals surface area contributed by atoms with Crippen molar-refractivity contribution in [3.05, 3.63) is 98.4 Å². The Balaban J connectivity index is 1.02. The summed E-state index contributed by atoms with van der Waals surface area (Å²) in [4.78, 5) is 42.4. The highest BCUT2D eigenvalue weighted by atomic mass is 35.5. The van der Waals surface area contributed by atoms with Gasteiger partial charge in [-0.15, -0.1) is 11.3 Å². The van der Waals surface area contributed by atoms with Gasteiger partial charge in [0.05, 0.1) is 49.8 Å². The van der Waals surface area contributed by atoms with Gasteiger partial charge in [0.2, 0.25) is 5.91 Å². The lowest BCUT2D eigenvalue weighted by Crippen LogP contribution is -2.66. The Kier molecular flexibility index (Phi) is 8.85. The van der Waals surface area contributed by atoms with Gasteiger partial charge in [0, 0.05) is 61.9 Å². The van der Waals surface area contributed by atoms with Crippen molar-refractivity contribution in [2.45, 2.75) is 51.2 Å². The fourth-order valence-corrected chi connectivity index (χ4v) is 9.23. The smallest absolute Gasteiger partial charge is 0.307 e. The molecule has 3 aliphatic heterocycles. The second-order valence-corrected chi connectivity index (χ2v) is 15.7. The Morgan fingerprint density at radius 3 is 2.52 bits per heavy atom. The number of benzene rings is 2. The van der Waals surface area contributed by atoms with Crippen LogP contribution in [0.4, 0.5) is 0 Å². The molecule has 5 aromatic rings. The third-order valence-corrected chi connectivity index (χ3v) is 12.1. The van der Waals surface area contributed by atoms with E-state index in [9.17, 15) is 14.7 Å². The van der Waals surface area contributed by atoms with Crippen molar-refractivity contribution in [3.63, 3.8) is 0 Å². The van der Waals surface area contributed by atoms with Gasteiger partial charge in [0.25, 0.3) is 0 Å². The minimum absolute atomic E-state index is 0.0672. The van der Waals surface area contributed by atoms with Crippen molar-refractivity contribution >= 4 is 56.6 Å². The Labute approximate surface area is 304 Å². The summed E-state index contributed by atoms with van der Waals surface area (Å²) >= 11 is 15.9. The summed E-state index contributed by atoms with van der Waals surface area (Å²) in [5.74, 6) is -0.899. The molecule has 0 saturated carbocycles. The molecule has 0 bridgehead atoms. The van der Waals surface area contributed by atoms with Crippen LogP contribution in [-0.4, -0.2) is 73.5 Å². The van der Waals surface area contributed by atoms with Gasteiger partial charge in [-0.05, 0) is 49.6 Å². The Morgan fingerprint density at radius 1 is 0.980 bits per heavy atom. The molecule has 1 atom stereocenters. The largest absolute Gasteiger partial charge is 0.481 e. The number of likely N-dealkylation sites (tertiary alicyclic amines) is 2. The quantitative estimate of drug-likeness (QED) is 0.167. The van der Waals surface area contributed by atoms with Crippen molar-refractivity contribution in [1.29, 1.82) is 0 Å². The summed E-state index contributed by atoms with van der Waals surface area (Å²) in [7, 11) is 0. The average Bonchev–Trinajstić information content (AvgIpc) is 3.82. The number of rotatable bonds is 9. The summed E-state index contributed by atoms with van der Waals surface area (Å²) in [5, 5.41) is 14.7. The van der Waals surface area contributed by atoms with Gasteiger partial charge in [-0.25, -0.2) is 4.98 Å². The minimum Gasteiger partial charge on any atom is -0.481 e. The van der Waals surface area contributed by atoms with Crippen molar-refractivity contribution in [2.24, 2.45) is 5.92 Å². The predicted octanol–water partition coefficient (Wildman–Crippen LogP) is 7.00. The first-order valence-corrected chi connectivity index (χ1v) is 18.5. The van der Waals surface area contributed by atoms with E-state index in [1.807, 2.05) is 54.7 Å². The van der Waals surface area contributed by atoms with Crippen LogP contribution >= 0.6 is 34.5 Å². The van der Waals surface area contributed by atoms with E-state index in [1.165, 1.54) is 0 Å². The maximum atomic E-state index is 11.8. The third kappa shape index (κ3) is 6.39. The second kappa shape index (κ2) is 13.3. The third-order valence-electron chi connectivity index (χ3n) is 10.3. The van der Waals surface area contributed by atoms with Gasteiger partial charge in [0.1, 0.15) is 10.5 Å². The summed E-state index contributed by atoms with van der Waals surface area (Å²) in [5.41, 5.74) is 7.97. The predicted molar refractivity (Wildman–Crippen MR) is 196 cm³/mol. The first-order valence-electron chi connectivity index (χ1n) is 16.9. The standard InChI is InChI=1S/C38H36Cl2N6O3S/c1-22-8-9-28(42-30(22)18-46-20-38(21-46)13-10-32(47)44-38)27-7-3-6-26(35(27)40)25-5-2-4-23(34(25)39)16-29-36-31(11-14-41-29)50-33(43-36)19-45-15-12-24(17-45)37(48)49/h2-9,11,14,24H,10,12-13,15-21H2,1H3,(H,44,47)(H,48,49). The highest BCUT2D eigenvalue weighted by Gasteiger charge is 2.47. The molecule has 12 heteroatoms. The van der Waals surface area contributed by atoms with E-state index in [0.717, 1.165) is 86.2 Å². The van der Waals surface area contributed by atoms with Crippen LogP contribution < -0.4 is 5.32 Å². The van der Waals surface area contributed by atoms with Crippen LogP contribution in [0.25, 0.3) is 32.6 Å². The molecule has 1 amide bonds. The Hall–Kier alpha value is -3.93. The van der Waals surface area contributed by atoms with Crippen molar-refractivity contribution < 1.29 is 14.7 Å². The number of fused-ring (bicyclic) bond motifs is 1. The van der Waals surface area contributed by atoms with Crippen LogP contribution in [0, 0.1) is 12.8 Å². The number of nitrogens with zero attached hydrogens (tertiary/aromatic N) is 5. The molecule has 3 fully saturated rings. The lowest BCUT2D eigenvalue weighted by Gasteiger charge is -2.47. The number of amides is 1. The number of hydrogen-bond donors (Lipinski definition) is 2. The van der Waals surface area contributed by atoms with Gasteiger partial charge in [-0.1, -0.05) is 65.7 Å². The van der Waals surface area contributed by atoms with Crippen LogP contribution in [-0.2, 0) is 29.1 Å². The molecule has 8 rings (SSSR count). The summed E-state index contributed by atoms with van der Waals surface area (Å²) in [6.45, 7) is 6.41. The number of carboxylic acid groups (broad SMARTS) is 1. The number of carbonyl (C=O) groups is 2. The number of nitrogens with one attached hydrogen (secondary N) is 1. The van der Waals surface area contributed by atoms with Gasteiger partial charge in [-0.2, -0.15) is 0 Å². The molecular formula is C38H36Cl2N6O3S. The molecule has 2 aromatic carbocycles. The van der Waals surface area contributed by atoms with Crippen LogP contribution in [0.5, 0.6) is 0 Å². The zero-order valence-corrected chi connectivity index (χ0v) is 29.9. The molecule has 3 aromatic heterocycles. The number of hydrogen-bond acceptors (Lipinski definition) is 8.